The van der Waals surface area contributed by atoms with Crippen LogP contribution in [0.4, 0.5) is 0 Å². The van der Waals surface area contributed by atoms with Gasteiger partial charge in [0.1, 0.15) is 5.82 Å². The molecular formula is C21H20ClN5O. The van der Waals surface area contributed by atoms with Gasteiger partial charge in [-0.1, -0.05) is 23.7 Å². The maximum atomic E-state index is 13.0. The van der Waals surface area contributed by atoms with Gasteiger partial charge < -0.3 is 14.5 Å². The highest BCUT2D eigenvalue weighted by Gasteiger charge is 2.31. The van der Waals surface area contributed by atoms with Crippen molar-refractivity contribution in [2.75, 3.05) is 6.54 Å². The van der Waals surface area contributed by atoms with E-state index in [9.17, 15) is 4.79 Å². The van der Waals surface area contributed by atoms with Crippen LogP contribution in [0, 0.1) is 0 Å². The standard InChI is InChI=1S/C21H20ClN5O/c22-14-7-8-15-17(12-14)25-21(24-15)19-6-3-10-27(19)20(28)9-11-26-13-23-16-4-1-2-5-18(16)26/h1-2,4-5,7-8,12-13,19H,3,6,9-11H2,(H,24,25). The summed E-state index contributed by atoms with van der Waals surface area (Å²) in [6.45, 7) is 1.39. The van der Waals surface area contributed by atoms with Gasteiger partial charge in [0.15, 0.2) is 0 Å². The highest BCUT2D eigenvalue weighted by atomic mass is 35.5. The van der Waals surface area contributed by atoms with E-state index in [0.717, 1.165) is 47.3 Å². The van der Waals surface area contributed by atoms with E-state index in [4.69, 9.17) is 16.6 Å². The van der Waals surface area contributed by atoms with E-state index in [1.165, 1.54) is 0 Å². The number of aryl methyl sites for hydroxylation is 1. The van der Waals surface area contributed by atoms with Gasteiger partial charge in [-0.25, -0.2) is 9.97 Å². The van der Waals surface area contributed by atoms with Crippen LogP contribution in [0.25, 0.3) is 22.1 Å². The van der Waals surface area contributed by atoms with Gasteiger partial charge in [0.05, 0.1) is 34.4 Å². The molecule has 7 heteroatoms. The Morgan fingerprint density at radius 1 is 1.21 bits per heavy atom. The van der Waals surface area contributed by atoms with E-state index in [0.29, 0.717) is 18.0 Å². The second kappa shape index (κ2) is 6.95. The number of imidazole rings is 2. The second-order valence-corrected chi connectivity index (χ2v) is 7.64. The molecule has 6 nitrogen and oxygen atoms in total. The monoisotopic (exact) mass is 393 g/mol. The maximum absolute atomic E-state index is 13.0. The topological polar surface area (TPSA) is 66.8 Å². The number of carbonyl (C=O) groups excluding carboxylic acids is 1. The number of fused-ring (bicyclic) bond motifs is 2. The maximum Gasteiger partial charge on any atom is 0.224 e. The van der Waals surface area contributed by atoms with Crippen molar-refractivity contribution in [2.45, 2.75) is 31.8 Å². The zero-order valence-electron chi connectivity index (χ0n) is 15.3. The van der Waals surface area contributed by atoms with Crippen LogP contribution < -0.4 is 0 Å². The fourth-order valence-electron chi connectivity index (χ4n) is 4.06. The highest BCUT2D eigenvalue weighted by Crippen LogP contribution is 2.32. The number of aromatic nitrogens is 4. The molecule has 0 radical (unpaired) electrons. The quantitative estimate of drug-likeness (QED) is 0.561. The van der Waals surface area contributed by atoms with E-state index in [1.807, 2.05) is 58.3 Å². The van der Waals surface area contributed by atoms with Crippen molar-refractivity contribution in [1.82, 2.24) is 24.4 Å². The molecule has 28 heavy (non-hydrogen) atoms. The minimum Gasteiger partial charge on any atom is -0.340 e. The number of carbonyl (C=O) groups is 1. The number of hydrogen-bond acceptors (Lipinski definition) is 3. The number of benzene rings is 2. The van der Waals surface area contributed by atoms with Crippen molar-refractivity contribution in [3.8, 4) is 0 Å². The lowest BCUT2D eigenvalue weighted by Gasteiger charge is -2.23. The summed E-state index contributed by atoms with van der Waals surface area (Å²) < 4.78 is 2.04. The minimum absolute atomic E-state index is 0.00166. The Bertz CT molecular complexity index is 1160. The average molecular weight is 394 g/mol. The molecule has 1 N–H and O–H groups in total. The number of amides is 1. The number of aromatic amines is 1. The molecule has 142 valence electrons. The number of nitrogens with one attached hydrogen (secondary N) is 1. The summed E-state index contributed by atoms with van der Waals surface area (Å²) in [5, 5.41) is 0.676. The van der Waals surface area contributed by atoms with Gasteiger partial charge in [0.25, 0.3) is 0 Å². The Morgan fingerprint density at radius 3 is 3.04 bits per heavy atom. The Labute approximate surface area is 167 Å². The van der Waals surface area contributed by atoms with Gasteiger partial charge in [0, 0.05) is 24.5 Å². The smallest absolute Gasteiger partial charge is 0.224 e. The summed E-state index contributed by atoms with van der Waals surface area (Å²) in [6, 6.07) is 13.6. The zero-order valence-corrected chi connectivity index (χ0v) is 16.1. The molecule has 0 spiro atoms. The molecule has 0 bridgehead atoms. The van der Waals surface area contributed by atoms with Crippen molar-refractivity contribution in [1.29, 1.82) is 0 Å². The summed E-state index contributed by atoms with van der Waals surface area (Å²) >= 11 is 6.08. The summed E-state index contributed by atoms with van der Waals surface area (Å²) in [7, 11) is 0. The molecule has 1 aliphatic heterocycles. The molecular weight excluding hydrogens is 374 g/mol. The van der Waals surface area contributed by atoms with Gasteiger partial charge in [-0.2, -0.15) is 0 Å². The number of H-pyrrole nitrogens is 1. The van der Waals surface area contributed by atoms with Crippen LogP contribution in [0.2, 0.25) is 5.02 Å². The molecule has 1 amide bonds. The average Bonchev–Trinajstić information content (AvgIpc) is 3.43. The Hall–Kier alpha value is -2.86. The lowest BCUT2D eigenvalue weighted by Crippen LogP contribution is -2.31. The number of hydrogen-bond donors (Lipinski definition) is 1. The van der Waals surface area contributed by atoms with Gasteiger partial charge in [0.2, 0.25) is 5.91 Å². The van der Waals surface area contributed by atoms with Gasteiger partial charge in [-0.15, -0.1) is 0 Å². The molecule has 1 saturated heterocycles. The molecule has 1 atom stereocenters. The lowest BCUT2D eigenvalue weighted by atomic mass is 10.2. The number of rotatable bonds is 4. The predicted molar refractivity (Wildman–Crippen MR) is 109 cm³/mol. The second-order valence-electron chi connectivity index (χ2n) is 7.21. The fraction of sp³-hybridized carbons (Fsp3) is 0.286. The summed E-state index contributed by atoms with van der Waals surface area (Å²) in [4.78, 5) is 27.4. The minimum atomic E-state index is -0.00166. The zero-order chi connectivity index (χ0) is 19.1. The summed E-state index contributed by atoms with van der Waals surface area (Å²) in [6.07, 6.45) is 4.17. The summed E-state index contributed by atoms with van der Waals surface area (Å²) in [5.74, 6) is 0.995. The van der Waals surface area contributed by atoms with Crippen molar-refractivity contribution in [3.63, 3.8) is 0 Å². The lowest BCUT2D eigenvalue weighted by molar-refractivity contribution is -0.132. The van der Waals surface area contributed by atoms with Crippen LogP contribution >= 0.6 is 11.6 Å². The molecule has 3 heterocycles. The first-order valence-corrected chi connectivity index (χ1v) is 9.91. The third kappa shape index (κ3) is 3.03. The van der Waals surface area contributed by atoms with E-state index >= 15 is 0 Å². The normalized spacial score (nSPS) is 17.0. The highest BCUT2D eigenvalue weighted by molar-refractivity contribution is 6.31. The van der Waals surface area contributed by atoms with Gasteiger partial charge in [-0.05, 0) is 43.2 Å². The van der Waals surface area contributed by atoms with Crippen LogP contribution in [0.1, 0.15) is 31.1 Å². The first-order chi connectivity index (χ1) is 13.7. The van der Waals surface area contributed by atoms with Crippen molar-refractivity contribution in [3.05, 3.63) is 59.6 Å². The molecule has 4 aromatic rings. The van der Waals surface area contributed by atoms with Gasteiger partial charge >= 0.3 is 0 Å². The third-order valence-corrected chi connectivity index (χ3v) is 5.68. The largest absolute Gasteiger partial charge is 0.340 e. The summed E-state index contributed by atoms with van der Waals surface area (Å²) in [5.41, 5.74) is 3.80. The first-order valence-electron chi connectivity index (χ1n) is 9.53. The molecule has 1 unspecified atom stereocenters. The number of para-hydroxylation sites is 2. The Morgan fingerprint density at radius 2 is 2.11 bits per heavy atom. The van der Waals surface area contributed by atoms with Crippen LogP contribution in [0.3, 0.4) is 0 Å². The van der Waals surface area contributed by atoms with E-state index < -0.39 is 0 Å². The van der Waals surface area contributed by atoms with Crippen LogP contribution in [0.15, 0.2) is 48.8 Å². The molecule has 2 aromatic carbocycles. The van der Waals surface area contributed by atoms with Crippen LogP contribution in [-0.2, 0) is 11.3 Å². The predicted octanol–water partition coefficient (Wildman–Crippen LogP) is 4.32. The number of nitrogens with zero attached hydrogens (tertiary/aromatic N) is 4. The van der Waals surface area contributed by atoms with Crippen molar-refractivity contribution < 1.29 is 4.79 Å². The number of likely N-dealkylation sites (tertiary alicyclic amines) is 1. The first kappa shape index (κ1) is 17.3. The SMILES string of the molecule is O=C(CCn1cnc2ccccc21)N1CCCC1c1nc2ccc(Cl)cc2[nH]1. The molecule has 0 aliphatic carbocycles. The van der Waals surface area contributed by atoms with E-state index in [1.54, 1.807) is 0 Å². The van der Waals surface area contributed by atoms with Crippen molar-refractivity contribution in [2.24, 2.45) is 0 Å². The Kier molecular flexibility index (Phi) is 4.28. The third-order valence-electron chi connectivity index (χ3n) is 5.44. The molecule has 1 fully saturated rings. The van der Waals surface area contributed by atoms with Crippen LogP contribution in [0.5, 0.6) is 0 Å². The fourth-order valence-corrected chi connectivity index (χ4v) is 4.23. The number of halogens is 1. The molecule has 5 rings (SSSR count). The molecule has 0 saturated carbocycles. The van der Waals surface area contributed by atoms with Crippen LogP contribution in [-0.4, -0.2) is 36.9 Å². The van der Waals surface area contributed by atoms with E-state index in [2.05, 4.69) is 9.97 Å². The van der Waals surface area contributed by atoms with E-state index in [-0.39, 0.29) is 11.9 Å². The van der Waals surface area contributed by atoms with Crippen molar-refractivity contribution >= 4 is 39.6 Å². The Balaban J connectivity index is 1.33. The molecule has 1 aliphatic rings. The molecule has 2 aromatic heterocycles. The van der Waals surface area contributed by atoms with Gasteiger partial charge in [-0.3, -0.25) is 4.79 Å².